The molecule has 0 heterocycles. The van der Waals surface area contributed by atoms with Gasteiger partial charge in [-0.2, -0.15) is 0 Å². The number of phenols is 1. The summed E-state index contributed by atoms with van der Waals surface area (Å²) < 4.78 is 5.31. The Kier molecular flexibility index (Phi) is 6.71. The van der Waals surface area contributed by atoms with E-state index < -0.39 is 58.0 Å². The van der Waals surface area contributed by atoms with E-state index in [0.29, 0.717) is 18.4 Å². The molecule has 10 heteroatoms. The van der Waals surface area contributed by atoms with Crippen LogP contribution in [-0.4, -0.2) is 75.6 Å². The average molecular weight is 549 g/mol. The van der Waals surface area contributed by atoms with Crippen molar-refractivity contribution < 1.29 is 39.5 Å². The van der Waals surface area contributed by atoms with Crippen molar-refractivity contribution in [3.8, 4) is 11.5 Å². The molecule has 1 saturated carbocycles. The fraction of sp³-hybridized carbons (Fsp3) is 0.367. The van der Waals surface area contributed by atoms with Crippen molar-refractivity contribution in [2.75, 3.05) is 21.2 Å². The maximum absolute atomic E-state index is 13.9. The van der Waals surface area contributed by atoms with Gasteiger partial charge < -0.3 is 30.9 Å². The Morgan fingerprint density at radius 1 is 1.12 bits per heavy atom. The number of ether oxygens (including phenoxy) is 1. The minimum absolute atomic E-state index is 0.0523. The number of amides is 1. The highest BCUT2D eigenvalue weighted by atomic mass is 16.5. The van der Waals surface area contributed by atoms with Gasteiger partial charge in [0, 0.05) is 11.5 Å². The van der Waals surface area contributed by atoms with Gasteiger partial charge in [0.2, 0.25) is 5.78 Å². The van der Waals surface area contributed by atoms with Crippen LogP contribution in [0.3, 0.4) is 0 Å². The molecule has 2 aromatic carbocycles. The smallest absolute Gasteiger partial charge is 0.255 e. The molecule has 1 fully saturated rings. The highest BCUT2D eigenvalue weighted by molar-refractivity contribution is 6.24. The minimum atomic E-state index is -2.65. The fourth-order valence-electron chi connectivity index (χ4n) is 6.65. The third-order valence-electron chi connectivity index (χ3n) is 8.52. The molecule has 4 atom stereocenters. The molecule has 0 saturated heterocycles. The predicted octanol–water partition coefficient (Wildman–Crippen LogP) is 1.76. The molecule has 1 amide bonds. The molecule has 0 aromatic heterocycles. The van der Waals surface area contributed by atoms with Crippen LogP contribution in [-0.2, 0) is 33.6 Å². The van der Waals surface area contributed by atoms with E-state index in [2.05, 4.69) is 0 Å². The molecule has 5 rings (SSSR count). The largest absolute Gasteiger partial charge is 0.508 e. The third kappa shape index (κ3) is 3.98. The van der Waals surface area contributed by atoms with Crippen molar-refractivity contribution in [1.82, 2.24) is 4.90 Å². The number of nitrogens with zero attached hydrogens (tertiary/aromatic N) is 1. The topological polar surface area (TPSA) is 171 Å². The Morgan fingerprint density at radius 2 is 1.85 bits per heavy atom. The summed E-state index contributed by atoms with van der Waals surface area (Å²) in [7, 11) is 4.74. The average Bonchev–Trinajstić information content (AvgIpc) is 2.90. The van der Waals surface area contributed by atoms with Gasteiger partial charge in [-0.15, -0.1) is 0 Å². The molecule has 6 N–H and O–H groups in total. The van der Waals surface area contributed by atoms with Crippen LogP contribution in [0.5, 0.6) is 11.5 Å². The fourth-order valence-corrected chi connectivity index (χ4v) is 6.65. The first-order chi connectivity index (χ1) is 18.9. The number of aryl methyl sites for hydroxylation is 2. The normalized spacial score (nSPS) is 26.0. The lowest BCUT2D eigenvalue weighted by molar-refractivity contribution is -0.153. The van der Waals surface area contributed by atoms with Gasteiger partial charge in [0.15, 0.2) is 11.4 Å². The molecular formula is C30H32N2O8. The van der Waals surface area contributed by atoms with E-state index in [9.17, 15) is 34.8 Å². The quantitative estimate of drug-likeness (QED) is 0.338. The van der Waals surface area contributed by atoms with Gasteiger partial charge in [0.25, 0.3) is 5.91 Å². The summed E-state index contributed by atoms with van der Waals surface area (Å²) in [5.74, 6) is -5.86. The second kappa shape index (κ2) is 9.79. The zero-order valence-electron chi connectivity index (χ0n) is 22.5. The number of aliphatic hydroxyl groups excluding tert-OH is 2. The number of primary amides is 1. The van der Waals surface area contributed by atoms with Gasteiger partial charge in [0.1, 0.15) is 28.6 Å². The Labute approximate surface area is 231 Å². The summed E-state index contributed by atoms with van der Waals surface area (Å²) in [6.07, 6.45) is 1.55. The highest BCUT2D eigenvalue weighted by Gasteiger charge is 2.64. The Hall–Kier alpha value is -4.15. The number of hydrogen-bond donors (Lipinski definition) is 5. The summed E-state index contributed by atoms with van der Waals surface area (Å²) >= 11 is 0. The van der Waals surface area contributed by atoms with E-state index in [-0.39, 0.29) is 29.7 Å². The van der Waals surface area contributed by atoms with Gasteiger partial charge in [-0.3, -0.25) is 19.3 Å². The van der Waals surface area contributed by atoms with Crippen LogP contribution >= 0.6 is 0 Å². The SMILES string of the molecule is COc1cccc(CCc2ccc(O)c3c2C[C@@H]2C[C@@H]4[C@@H](N(C)C)C(=O)C(C(N)=O)=C(O)[C@]4(O)C(=O)C2=C3O)c1. The molecule has 0 bridgehead atoms. The minimum Gasteiger partial charge on any atom is -0.508 e. The highest BCUT2D eigenvalue weighted by Crippen LogP contribution is 2.53. The van der Waals surface area contributed by atoms with Crippen LogP contribution in [0.2, 0.25) is 0 Å². The number of phenolic OH excluding ortho intramolecular Hbond substituents is 1. The number of rotatable bonds is 6. The number of carbonyl (C=O) groups excluding carboxylic acids is 3. The van der Waals surface area contributed by atoms with Crippen molar-refractivity contribution in [3.63, 3.8) is 0 Å². The van der Waals surface area contributed by atoms with Crippen LogP contribution < -0.4 is 10.5 Å². The van der Waals surface area contributed by atoms with Crippen LogP contribution in [0.15, 0.2) is 53.3 Å². The molecule has 40 heavy (non-hydrogen) atoms. The maximum atomic E-state index is 13.9. The molecule has 210 valence electrons. The lowest BCUT2D eigenvalue weighted by Gasteiger charge is -2.50. The van der Waals surface area contributed by atoms with Gasteiger partial charge in [-0.25, -0.2) is 0 Å². The molecule has 10 nitrogen and oxygen atoms in total. The molecular weight excluding hydrogens is 516 g/mol. The number of methoxy groups -OCH3 is 1. The van der Waals surface area contributed by atoms with Crippen molar-refractivity contribution >= 4 is 23.2 Å². The second-order valence-corrected chi connectivity index (χ2v) is 10.9. The molecule has 2 aromatic rings. The van der Waals surface area contributed by atoms with E-state index in [4.69, 9.17) is 10.5 Å². The van der Waals surface area contributed by atoms with Crippen LogP contribution in [0.25, 0.3) is 5.76 Å². The lowest BCUT2D eigenvalue weighted by atomic mass is 9.57. The van der Waals surface area contributed by atoms with Gasteiger partial charge >= 0.3 is 0 Å². The number of carbonyl (C=O) groups is 3. The van der Waals surface area contributed by atoms with Crippen LogP contribution in [0.1, 0.15) is 28.7 Å². The van der Waals surface area contributed by atoms with Crippen molar-refractivity contribution in [3.05, 3.63) is 75.6 Å². The first-order valence-electron chi connectivity index (χ1n) is 13.0. The summed E-state index contributed by atoms with van der Waals surface area (Å²) in [6, 6.07) is 9.79. The number of benzene rings is 2. The number of nitrogens with two attached hydrogens (primary N) is 1. The zero-order chi connectivity index (χ0) is 29.1. The number of aromatic hydroxyl groups is 1. The number of Topliss-reactive ketones (excluding diaryl/α,β-unsaturated/α-hetero) is 2. The van der Waals surface area contributed by atoms with Crippen molar-refractivity contribution in [2.45, 2.75) is 37.3 Å². The van der Waals surface area contributed by atoms with Gasteiger partial charge in [0.05, 0.1) is 18.7 Å². The monoisotopic (exact) mass is 548 g/mol. The number of ketones is 2. The van der Waals surface area contributed by atoms with E-state index >= 15 is 0 Å². The number of hydrogen-bond acceptors (Lipinski definition) is 9. The van der Waals surface area contributed by atoms with E-state index in [1.165, 1.54) is 11.0 Å². The zero-order valence-corrected chi connectivity index (χ0v) is 22.5. The van der Waals surface area contributed by atoms with Crippen molar-refractivity contribution in [1.29, 1.82) is 0 Å². The predicted molar refractivity (Wildman–Crippen MR) is 145 cm³/mol. The standard InChI is InChI=1S/C30H32N2O8/c1-32(2)24-19-13-16-12-18-15(8-7-14-5-4-6-17(11-14)40-3)9-10-20(33)22(18)25(34)21(16)27(36)30(19,39)28(37)23(26(24)35)29(31)38/h4-6,9-11,16,19,24,33-34,37,39H,7-8,12-13H2,1-3H3,(H2,31,38)/t16-,19-,24-,30-/m1/s1. The lowest BCUT2D eigenvalue weighted by Crippen LogP contribution is -2.65. The molecule has 0 aliphatic heterocycles. The maximum Gasteiger partial charge on any atom is 0.255 e. The third-order valence-corrected chi connectivity index (χ3v) is 8.52. The van der Waals surface area contributed by atoms with E-state index in [1.807, 2.05) is 24.3 Å². The summed E-state index contributed by atoms with van der Waals surface area (Å²) in [5, 5.41) is 44.8. The molecule has 3 aliphatic carbocycles. The molecule has 3 aliphatic rings. The Bertz CT molecular complexity index is 1510. The van der Waals surface area contributed by atoms with Gasteiger partial charge in [-0.05, 0) is 80.6 Å². The molecule has 0 spiro atoms. The number of fused-ring (bicyclic) bond motifs is 3. The number of aliphatic hydroxyl groups is 3. The summed E-state index contributed by atoms with van der Waals surface area (Å²) in [5.41, 5.74) is 4.41. The summed E-state index contributed by atoms with van der Waals surface area (Å²) in [4.78, 5) is 40.7. The van der Waals surface area contributed by atoms with E-state index in [1.54, 1.807) is 27.3 Å². The molecule has 0 unspecified atom stereocenters. The number of likely N-dealkylation sites (N-methyl/N-ethyl adjacent to an activating group) is 1. The van der Waals surface area contributed by atoms with Crippen LogP contribution in [0.4, 0.5) is 0 Å². The first-order valence-corrected chi connectivity index (χ1v) is 13.0. The van der Waals surface area contributed by atoms with E-state index in [0.717, 1.165) is 16.9 Å². The first kappa shape index (κ1) is 27.4. The van der Waals surface area contributed by atoms with Gasteiger partial charge in [-0.1, -0.05) is 18.2 Å². The Balaban J connectivity index is 1.60. The molecule has 0 radical (unpaired) electrons. The Morgan fingerprint density at radius 3 is 2.50 bits per heavy atom. The second-order valence-electron chi connectivity index (χ2n) is 10.9. The van der Waals surface area contributed by atoms with Crippen molar-refractivity contribution in [2.24, 2.45) is 17.6 Å². The van der Waals surface area contributed by atoms with Crippen LogP contribution in [0, 0.1) is 11.8 Å². The summed E-state index contributed by atoms with van der Waals surface area (Å²) in [6.45, 7) is 0.